The van der Waals surface area contributed by atoms with Crippen LogP contribution in [0.5, 0.6) is 0 Å². The molecule has 0 radical (unpaired) electrons. The number of hydrogen-bond donors (Lipinski definition) is 0. The molecule has 0 saturated heterocycles. The highest BCUT2D eigenvalue weighted by Gasteiger charge is 2.35. The van der Waals surface area contributed by atoms with Gasteiger partial charge in [-0.3, -0.25) is 4.79 Å². The van der Waals surface area contributed by atoms with Crippen LogP contribution in [0.1, 0.15) is 35.8 Å². The maximum atomic E-state index is 12.5. The van der Waals surface area contributed by atoms with Gasteiger partial charge in [0.25, 0.3) is 0 Å². The Balaban J connectivity index is 1.86. The first-order valence-electron chi connectivity index (χ1n) is 6.50. The first-order chi connectivity index (χ1) is 8.86. The molecule has 18 heavy (non-hydrogen) atoms. The molecule has 2 atom stereocenters. The predicted octanol–water partition coefficient (Wildman–Crippen LogP) is 3.92. The highest BCUT2D eigenvalue weighted by Crippen LogP contribution is 2.40. The number of hydrogen-bond acceptors (Lipinski definition) is 1. The quantitative estimate of drug-likeness (QED) is 0.772. The summed E-state index contributed by atoms with van der Waals surface area (Å²) in [6.45, 7) is 0. The summed E-state index contributed by atoms with van der Waals surface area (Å²) in [5, 5.41) is 0. The fraction of sp³-hybridized carbons (Fsp3) is 0.235. The minimum Gasteiger partial charge on any atom is -0.298 e. The van der Waals surface area contributed by atoms with Crippen molar-refractivity contribution in [2.75, 3.05) is 0 Å². The lowest BCUT2D eigenvalue weighted by Gasteiger charge is -2.11. The maximum Gasteiger partial charge on any atom is 0.147 e. The molecule has 1 nitrogen and oxygen atoms in total. The fourth-order valence-electron chi connectivity index (χ4n) is 2.89. The normalized spacial score (nSPS) is 23.2. The summed E-state index contributed by atoms with van der Waals surface area (Å²) in [4.78, 5) is 12.5. The topological polar surface area (TPSA) is 17.1 Å². The van der Waals surface area contributed by atoms with E-state index < -0.39 is 0 Å². The molecule has 0 aliphatic heterocycles. The second-order valence-corrected chi connectivity index (χ2v) is 4.91. The van der Waals surface area contributed by atoms with Crippen molar-refractivity contribution in [2.45, 2.75) is 24.7 Å². The molecule has 0 heterocycles. The van der Waals surface area contributed by atoms with Gasteiger partial charge in [0, 0.05) is 11.8 Å². The van der Waals surface area contributed by atoms with E-state index >= 15 is 0 Å². The van der Waals surface area contributed by atoms with Crippen LogP contribution in [-0.4, -0.2) is 5.78 Å². The highest BCUT2D eigenvalue weighted by atomic mass is 16.1. The molecule has 0 N–H and O–H groups in total. The van der Waals surface area contributed by atoms with E-state index in [2.05, 4.69) is 24.3 Å². The second-order valence-electron chi connectivity index (χ2n) is 4.91. The molecule has 2 aromatic rings. The maximum absolute atomic E-state index is 12.5. The molecule has 1 saturated carbocycles. The van der Waals surface area contributed by atoms with E-state index in [-0.39, 0.29) is 11.8 Å². The van der Waals surface area contributed by atoms with Gasteiger partial charge in [-0.2, -0.15) is 0 Å². The number of carbonyl (C=O) groups is 1. The molecule has 1 aliphatic carbocycles. The zero-order valence-corrected chi connectivity index (χ0v) is 10.3. The van der Waals surface area contributed by atoms with E-state index in [4.69, 9.17) is 0 Å². The number of benzene rings is 2. The second kappa shape index (κ2) is 4.77. The van der Waals surface area contributed by atoms with Gasteiger partial charge in [-0.05, 0) is 24.0 Å². The average molecular weight is 236 g/mol. The van der Waals surface area contributed by atoms with Gasteiger partial charge < -0.3 is 0 Å². The zero-order valence-electron chi connectivity index (χ0n) is 10.3. The lowest BCUT2D eigenvalue weighted by molar-refractivity contribution is -0.119. The average Bonchev–Trinajstić information content (AvgIpc) is 2.83. The summed E-state index contributed by atoms with van der Waals surface area (Å²) in [6, 6.07) is 20.3. The first-order valence-corrected chi connectivity index (χ1v) is 6.50. The Morgan fingerprint density at radius 2 is 1.06 bits per heavy atom. The molecule has 1 aliphatic rings. The largest absolute Gasteiger partial charge is 0.298 e. The SMILES string of the molecule is O=C1C(c2ccccc2)CCC1c1ccccc1. The van der Waals surface area contributed by atoms with Gasteiger partial charge in [0.05, 0.1) is 0 Å². The van der Waals surface area contributed by atoms with Crippen LogP contribution in [0.2, 0.25) is 0 Å². The number of carbonyl (C=O) groups excluding carboxylic acids is 1. The number of ketones is 1. The molecule has 0 amide bonds. The molecule has 3 rings (SSSR count). The van der Waals surface area contributed by atoms with Crippen molar-refractivity contribution < 1.29 is 4.79 Å². The van der Waals surface area contributed by atoms with Crippen molar-refractivity contribution in [3.05, 3.63) is 71.8 Å². The monoisotopic (exact) mass is 236 g/mol. The van der Waals surface area contributed by atoms with E-state index in [9.17, 15) is 4.79 Å². The van der Waals surface area contributed by atoms with Crippen molar-refractivity contribution in [1.82, 2.24) is 0 Å². The summed E-state index contributed by atoms with van der Waals surface area (Å²) in [6.07, 6.45) is 1.95. The summed E-state index contributed by atoms with van der Waals surface area (Å²) >= 11 is 0. The van der Waals surface area contributed by atoms with Gasteiger partial charge in [0.1, 0.15) is 5.78 Å². The van der Waals surface area contributed by atoms with Crippen molar-refractivity contribution in [1.29, 1.82) is 0 Å². The van der Waals surface area contributed by atoms with Crippen LogP contribution >= 0.6 is 0 Å². The van der Waals surface area contributed by atoms with Crippen molar-refractivity contribution >= 4 is 5.78 Å². The molecular formula is C17H16O. The zero-order chi connectivity index (χ0) is 12.4. The van der Waals surface area contributed by atoms with Crippen LogP contribution in [0.3, 0.4) is 0 Å². The van der Waals surface area contributed by atoms with Crippen LogP contribution in [-0.2, 0) is 4.79 Å². The standard InChI is InChI=1S/C17H16O/c18-17-15(13-7-3-1-4-8-13)11-12-16(17)14-9-5-2-6-10-14/h1-10,15-16H,11-12H2. The van der Waals surface area contributed by atoms with Gasteiger partial charge in [-0.25, -0.2) is 0 Å². The van der Waals surface area contributed by atoms with Gasteiger partial charge in [-0.1, -0.05) is 60.7 Å². The van der Waals surface area contributed by atoms with Crippen LogP contribution < -0.4 is 0 Å². The van der Waals surface area contributed by atoms with E-state index in [0.717, 1.165) is 12.8 Å². The Hall–Kier alpha value is -1.89. The minimum absolute atomic E-state index is 0.0939. The fourth-order valence-corrected chi connectivity index (χ4v) is 2.89. The third-order valence-corrected chi connectivity index (χ3v) is 3.83. The highest BCUT2D eigenvalue weighted by molar-refractivity contribution is 5.93. The van der Waals surface area contributed by atoms with E-state index in [1.54, 1.807) is 0 Å². The summed E-state index contributed by atoms with van der Waals surface area (Å²) < 4.78 is 0. The van der Waals surface area contributed by atoms with Gasteiger partial charge in [-0.15, -0.1) is 0 Å². The van der Waals surface area contributed by atoms with E-state index in [0.29, 0.717) is 5.78 Å². The van der Waals surface area contributed by atoms with Crippen LogP contribution in [0.15, 0.2) is 60.7 Å². The lowest BCUT2D eigenvalue weighted by atomic mass is 9.92. The molecule has 2 aromatic carbocycles. The predicted molar refractivity (Wildman–Crippen MR) is 72.6 cm³/mol. The summed E-state index contributed by atoms with van der Waals surface area (Å²) in [5.41, 5.74) is 2.34. The molecule has 2 unspecified atom stereocenters. The molecule has 0 spiro atoms. The van der Waals surface area contributed by atoms with Crippen LogP contribution in [0.25, 0.3) is 0 Å². The Bertz CT molecular complexity index is 481. The minimum atomic E-state index is 0.0939. The Labute approximate surface area is 107 Å². The molecular weight excluding hydrogens is 220 g/mol. The number of rotatable bonds is 2. The van der Waals surface area contributed by atoms with Crippen LogP contribution in [0, 0.1) is 0 Å². The Morgan fingerprint density at radius 3 is 1.44 bits per heavy atom. The van der Waals surface area contributed by atoms with Crippen molar-refractivity contribution in [3.63, 3.8) is 0 Å². The lowest BCUT2D eigenvalue weighted by Crippen LogP contribution is -2.11. The van der Waals surface area contributed by atoms with Gasteiger partial charge >= 0.3 is 0 Å². The van der Waals surface area contributed by atoms with Gasteiger partial charge in [0.2, 0.25) is 0 Å². The molecule has 0 aromatic heterocycles. The third-order valence-electron chi connectivity index (χ3n) is 3.83. The van der Waals surface area contributed by atoms with Crippen molar-refractivity contribution in [2.24, 2.45) is 0 Å². The molecule has 1 fully saturated rings. The molecule has 90 valence electrons. The summed E-state index contributed by atoms with van der Waals surface area (Å²) in [5.74, 6) is 0.570. The Morgan fingerprint density at radius 1 is 0.667 bits per heavy atom. The van der Waals surface area contributed by atoms with Gasteiger partial charge in [0.15, 0.2) is 0 Å². The Kier molecular flexibility index (Phi) is 2.97. The molecule has 0 bridgehead atoms. The molecule has 1 heteroatoms. The van der Waals surface area contributed by atoms with E-state index in [1.165, 1.54) is 11.1 Å². The third kappa shape index (κ3) is 1.97. The smallest absolute Gasteiger partial charge is 0.147 e. The number of Topliss-reactive ketones (excluding diaryl/α,β-unsaturated/α-hetero) is 1. The van der Waals surface area contributed by atoms with Crippen molar-refractivity contribution in [3.8, 4) is 0 Å². The summed E-state index contributed by atoms with van der Waals surface area (Å²) in [7, 11) is 0. The van der Waals surface area contributed by atoms with E-state index in [1.807, 2.05) is 36.4 Å². The first kappa shape index (κ1) is 11.2. The van der Waals surface area contributed by atoms with Crippen LogP contribution in [0.4, 0.5) is 0 Å².